The van der Waals surface area contributed by atoms with Crippen LogP contribution in [0.3, 0.4) is 0 Å². The molecule has 1 saturated carbocycles. The van der Waals surface area contributed by atoms with Crippen molar-refractivity contribution in [2.45, 2.75) is 134 Å². The first kappa shape index (κ1) is 28.4. The zero-order chi connectivity index (χ0) is 22.5. The van der Waals surface area contributed by atoms with Crippen molar-refractivity contribution in [1.82, 2.24) is 0 Å². The highest BCUT2D eigenvalue weighted by Crippen LogP contribution is 2.42. The van der Waals surface area contributed by atoms with E-state index in [-0.39, 0.29) is 11.7 Å². The molecule has 2 atom stereocenters. The maximum atomic E-state index is 11.9. The van der Waals surface area contributed by atoms with Crippen LogP contribution < -0.4 is 5.73 Å². The van der Waals surface area contributed by atoms with Gasteiger partial charge in [-0.2, -0.15) is 0 Å². The molecule has 0 bridgehead atoms. The lowest BCUT2D eigenvalue weighted by Gasteiger charge is -2.28. The zero-order valence-corrected chi connectivity index (χ0v) is 22.6. The van der Waals surface area contributed by atoms with Crippen LogP contribution in [0.1, 0.15) is 103 Å². The molecule has 4 N–H and O–H groups in total. The van der Waals surface area contributed by atoms with Crippen molar-refractivity contribution in [1.29, 1.82) is 0 Å². The summed E-state index contributed by atoms with van der Waals surface area (Å²) < 4.78 is 16.9. The van der Waals surface area contributed by atoms with Crippen molar-refractivity contribution in [2.75, 3.05) is 12.8 Å². The Labute approximate surface area is 188 Å². The van der Waals surface area contributed by atoms with Crippen molar-refractivity contribution < 1.29 is 19.7 Å². The van der Waals surface area contributed by atoms with Crippen molar-refractivity contribution >= 4 is 15.7 Å². The number of rotatable bonds is 17. The van der Waals surface area contributed by atoms with Gasteiger partial charge in [0.2, 0.25) is 0 Å². The molecule has 0 heterocycles. The molecule has 0 spiro atoms. The monoisotopic (exact) mass is 462 g/mol. The molecule has 0 saturated heterocycles. The molecule has 1 rings (SSSR count). The zero-order valence-electron chi connectivity index (χ0n) is 20.7. The number of unbranched alkanes of at least 4 members (excludes halogenated alkanes) is 3. The highest BCUT2D eigenvalue weighted by atomic mass is 31.2. The fraction of sp³-hybridized carbons (Fsp3) is 1.00. The van der Waals surface area contributed by atoms with E-state index in [1.807, 2.05) is 0 Å². The van der Waals surface area contributed by atoms with E-state index in [4.69, 9.17) is 10.3 Å². The minimum absolute atomic E-state index is 0.150. The second-order valence-electron chi connectivity index (χ2n) is 11.3. The standard InChI is InChI=1S/C24H52NO3PSi/c1-5-28-29(26,27)21-13-11-19-24(25,20-12-14-22-30(2,3)4)18-10-9-17-23-15-7-6-8-16-23/h23H,5-22,25H2,1-4H3,(H,26,27)/p+1. The molecule has 180 valence electrons. The van der Waals surface area contributed by atoms with Crippen molar-refractivity contribution in [3.8, 4) is 0 Å². The molecule has 2 unspecified atom stereocenters. The molecule has 4 nitrogen and oxygen atoms in total. The van der Waals surface area contributed by atoms with E-state index in [0.29, 0.717) is 6.61 Å². The summed E-state index contributed by atoms with van der Waals surface area (Å²) in [6, 6.07) is 1.41. The Morgan fingerprint density at radius 1 is 0.967 bits per heavy atom. The molecule has 0 aromatic heterocycles. The SMILES string of the molecule is CCOP(=O)(O)CCCCC([NH3+])(CCCCC1CCCCC1)CCCC[Si](C)(C)C. The van der Waals surface area contributed by atoms with Crippen LogP contribution in [-0.2, 0) is 9.09 Å². The molecule has 0 radical (unpaired) electrons. The first-order valence-electron chi connectivity index (χ1n) is 12.9. The highest BCUT2D eigenvalue weighted by Gasteiger charge is 2.29. The van der Waals surface area contributed by atoms with Crippen LogP contribution in [0.5, 0.6) is 0 Å². The maximum absolute atomic E-state index is 11.9. The first-order valence-corrected chi connectivity index (χ1v) is 18.3. The van der Waals surface area contributed by atoms with Gasteiger partial charge in [0, 0.05) is 33.5 Å². The fourth-order valence-electron chi connectivity index (χ4n) is 5.02. The summed E-state index contributed by atoms with van der Waals surface area (Å²) in [5.41, 5.74) is 4.86. The van der Waals surface area contributed by atoms with Crippen molar-refractivity contribution in [3.63, 3.8) is 0 Å². The summed E-state index contributed by atoms with van der Waals surface area (Å²) in [5.74, 6) is 0.979. The second kappa shape index (κ2) is 14.5. The molecule has 0 aromatic rings. The Morgan fingerprint density at radius 3 is 2.10 bits per heavy atom. The minimum atomic E-state index is -3.38. The van der Waals surface area contributed by atoms with Gasteiger partial charge in [-0.05, 0) is 38.5 Å². The van der Waals surface area contributed by atoms with E-state index in [1.54, 1.807) is 6.92 Å². The van der Waals surface area contributed by atoms with Gasteiger partial charge in [0.05, 0.1) is 12.1 Å². The third-order valence-corrected chi connectivity index (χ3v) is 10.3. The number of hydrogen-bond donors (Lipinski definition) is 2. The van der Waals surface area contributed by atoms with Gasteiger partial charge in [-0.1, -0.05) is 77.1 Å². The van der Waals surface area contributed by atoms with Gasteiger partial charge in [-0.3, -0.25) is 4.57 Å². The van der Waals surface area contributed by atoms with Gasteiger partial charge in [0.15, 0.2) is 0 Å². The van der Waals surface area contributed by atoms with Crippen molar-refractivity contribution in [3.05, 3.63) is 0 Å². The topological polar surface area (TPSA) is 74.2 Å². The summed E-state index contributed by atoms with van der Waals surface area (Å²) in [4.78, 5) is 9.81. The van der Waals surface area contributed by atoms with Crippen LogP contribution in [0.25, 0.3) is 0 Å². The highest BCUT2D eigenvalue weighted by molar-refractivity contribution is 7.52. The fourth-order valence-corrected chi connectivity index (χ4v) is 7.48. The van der Waals surface area contributed by atoms with E-state index >= 15 is 0 Å². The third-order valence-electron chi connectivity index (χ3n) is 6.91. The smallest absolute Gasteiger partial charge is 0.328 e. The summed E-state index contributed by atoms with van der Waals surface area (Å²) in [6.07, 6.45) is 19.5. The van der Waals surface area contributed by atoms with Crippen LogP contribution in [0.4, 0.5) is 0 Å². The van der Waals surface area contributed by atoms with E-state index in [9.17, 15) is 9.46 Å². The summed E-state index contributed by atoms with van der Waals surface area (Å²) in [6.45, 7) is 9.46. The first-order chi connectivity index (χ1) is 14.1. The van der Waals surface area contributed by atoms with E-state index in [0.717, 1.165) is 25.2 Å². The van der Waals surface area contributed by atoms with Gasteiger partial charge in [-0.15, -0.1) is 0 Å². The van der Waals surface area contributed by atoms with Crippen LogP contribution >= 0.6 is 7.60 Å². The maximum Gasteiger partial charge on any atom is 0.328 e. The van der Waals surface area contributed by atoms with Gasteiger partial charge < -0.3 is 15.2 Å². The predicted octanol–water partition coefficient (Wildman–Crippen LogP) is 7.01. The molecule has 0 aliphatic heterocycles. The molecule has 0 amide bonds. The quantitative estimate of drug-likeness (QED) is 0.139. The van der Waals surface area contributed by atoms with Crippen LogP contribution in [0, 0.1) is 5.92 Å². The molecule has 1 aliphatic carbocycles. The lowest BCUT2D eigenvalue weighted by Crippen LogP contribution is -2.72. The Balaban J connectivity index is 2.40. The third kappa shape index (κ3) is 14.4. The largest absolute Gasteiger partial charge is 0.353 e. The molecule has 30 heavy (non-hydrogen) atoms. The number of quaternary nitrogens is 1. The summed E-state index contributed by atoms with van der Waals surface area (Å²) in [7, 11) is -4.33. The van der Waals surface area contributed by atoms with Crippen LogP contribution in [0.2, 0.25) is 25.7 Å². The van der Waals surface area contributed by atoms with Gasteiger partial charge in [0.25, 0.3) is 0 Å². The normalized spacial score (nSPS) is 20.1. The van der Waals surface area contributed by atoms with E-state index in [2.05, 4.69) is 19.6 Å². The Hall–Kier alpha value is 0.327. The molecular formula is C24H53NO3PSi+. The number of hydrogen-bond acceptors (Lipinski definition) is 2. The molecule has 6 heteroatoms. The molecule has 1 aliphatic rings. The van der Waals surface area contributed by atoms with Gasteiger partial charge in [-0.25, -0.2) is 0 Å². The van der Waals surface area contributed by atoms with E-state index in [1.165, 1.54) is 83.1 Å². The minimum Gasteiger partial charge on any atom is -0.353 e. The molecule has 1 fully saturated rings. The molecule has 0 aromatic carbocycles. The predicted molar refractivity (Wildman–Crippen MR) is 133 cm³/mol. The lowest BCUT2D eigenvalue weighted by molar-refractivity contribution is -0.484. The molecular weight excluding hydrogens is 409 g/mol. The van der Waals surface area contributed by atoms with Gasteiger partial charge >= 0.3 is 7.60 Å². The summed E-state index contributed by atoms with van der Waals surface area (Å²) >= 11 is 0. The Morgan fingerprint density at radius 2 is 1.53 bits per heavy atom. The Kier molecular flexibility index (Phi) is 13.7. The summed E-state index contributed by atoms with van der Waals surface area (Å²) in [5, 5.41) is 0. The van der Waals surface area contributed by atoms with Crippen LogP contribution in [-0.4, -0.2) is 31.3 Å². The van der Waals surface area contributed by atoms with E-state index < -0.39 is 15.7 Å². The van der Waals surface area contributed by atoms with Crippen molar-refractivity contribution in [2.24, 2.45) is 5.92 Å². The Bertz CT molecular complexity index is 491. The van der Waals surface area contributed by atoms with Gasteiger partial charge in [0.1, 0.15) is 0 Å². The average molecular weight is 463 g/mol. The lowest BCUT2D eigenvalue weighted by atomic mass is 9.81. The second-order valence-corrected chi connectivity index (χ2v) is 18.9. The average Bonchev–Trinajstić information content (AvgIpc) is 2.66. The van der Waals surface area contributed by atoms with Crippen LogP contribution in [0.15, 0.2) is 0 Å².